The van der Waals surface area contributed by atoms with Crippen molar-refractivity contribution in [2.75, 3.05) is 13.1 Å². The van der Waals surface area contributed by atoms with Crippen molar-refractivity contribution in [3.63, 3.8) is 0 Å². The molecule has 1 aliphatic carbocycles. The standard InChI is InChI=1S/C14H20N2O2/c15-13-5-3-10-8-16(9-12(10)13)14(17)6-4-11-2-1-7-18-11/h1-2,7,10,12-13H,3-6,8-9,15H2. The van der Waals surface area contributed by atoms with Crippen molar-refractivity contribution in [2.24, 2.45) is 17.6 Å². The van der Waals surface area contributed by atoms with E-state index in [-0.39, 0.29) is 5.91 Å². The van der Waals surface area contributed by atoms with Crippen molar-refractivity contribution in [1.29, 1.82) is 0 Å². The number of carbonyl (C=O) groups excluding carboxylic acids is 1. The lowest BCUT2D eigenvalue weighted by Crippen LogP contribution is -2.33. The summed E-state index contributed by atoms with van der Waals surface area (Å²) in [5, 5.41) is 0. The van der Waals surface area contributed by atoms with Crippen LogP contribution in [-0.2, 0) is 11.2 Å². The Morgan fingerprint density at radius 3 is 3.06 bits per heavy atom. The monoisotopic (exact) mass is 248 g/mol. The van der Waals surface area contributed by atoms with Gasteiger partial charge in [0.25, 0.3) is 0 Å². The number of hydrogen-bond acceptors (Lipinski definition) is 3. The van der Waals surface area contributed by atoms with E-state index in [4.69, 9.17) is 10.2 Å². The predicted molar refractivity (Wildman–Crippen MR) is 67.8 cm³/mol. The Balaban J connectivity index is 1.52. The molecule has 2 N–H and O–H groups in total. The van der Waals surface area contributed by atoms with Gasteiger partial charge in [-0.05, 0) is 36.8 Å². The maximum Gasteiger partial charge on any atom is 0.223 e. The van der Waals surface area contributed by atoms with E-state index < -0.39 is 0 Å². The van der Waals surface area contributed by atoms with Gasteiger partial charge in [-0.25, -0.2) is 0 Å². The Bertz CT molecular complexity index is 415. The van der Waals surface area contributed by atoms with Crippen LogP contribution < -0.4 is 5.73 Å². The van der Waals surface area contributed by atoms with E-state index in [0.717, 1.165) is 25.3 Å². The van der Waals surface area contributed by atoms with E-state index in [1.54, 1.807) is 6.26 Å². The molecule has 1 aliphatic heterocycles. The second kappa shape index (κ2) is 4.76. The lowest BCUT2D eigenvalue weighted by Gasteiger charge is -2.18. The minimum absolute atomic E-state index is 0.244. The molecule has 1 saturated carbocycles. The maximum atomic E-state index is 12.1. The summed E-state index contributed by atoms with van der Waals surface area (Å²) in [5.74, 6) is 2.32. The molecule has 1 aromatic heterocycles. The first-order chi connectivity index (χ1) is 8.74. The summed E-state index contributed by atoms with van der Waals surface area (Å²) in [4.78, 5) is 14.1. The third-order valence-corrected chi connectivity index (χ3v) is 4.43. The first-order valence-corrected chi connectivity index (χ1v) is 6.80. The Labute approximate surface area is 107 Å². The van der Waals surface area contributed by atoms with Crippen LogP contribution in [0.5, 0.6) is 0 Å². The molecule has 1 saturated heterocycles. The zero-order valence-electron chi connectivity index (χ0n) is 10.5. The summed E-state index contributed by atoms with van der Waals surface area (Å²) in [5.41, 5.74) is 6.08. The lowest BCUT2D eigenvalue weighted by atomic mass is 9.98. The quantitative estimate of drug-likeness (QED) is 0.879. The molecule has 1 aromatic rings. The number of nitrogens with two attached hydrogens (primary N) is 1. The van der Waals surface area contributed by atoms with Gasteiger partial charge in [0.1, 0.15) is 5.76 Å². The third kappa shape index (κ3) is 2.17. The molecule has 2 fully saturated rings. The van der Waals surface area contributed by atoms with Crippen LogP contribution in [0.2, 0.25) is 0 Å². The molecular formula is C14H20N2O2. The van der Waals surface area contributed by atoms with Crippen LogP contribution in [0.25, 0.3) is 0 Å². The fourth-order valence-electron chi connectivity index (χ4n) is 3.35. The van der Waals surface area contributed by atoms with Gasteiger partial charge >= 0.3 is 0 Å². The Morgan fingerprint density at radius 1 is 1.44 bits per heavy atom. The van der Waals surface area contributed by atoms with Crippen LogP contribution in [0.15, 0.2) is 22.8 Å². The molecule has 0 bridgehead atoms. The van der Waals surface area contributed by atoms with Crippen LogP contribution in [-0.4, -0.2) is 29.9 Å². The number of fused-ring (bicyclic) bond motifs is 1. The molecule has 3 unspecified atom stereocenters. The number of likely N-dealkylation sites (tertiary alicyclic amines) is 1. The molecular weight excluding hydrogens is 228 g/mol. The Hall–Kier alpha value is -1.29. The number of amides is 1. The molecule has 98 valence electrons. The molecule has 0 spiro atoms. The van der Waals surface area contributed by atoms with E-state index in [1.165, 1.54) is 6.42 Å². The van der Waals surface area contributed by atoms with Crippen molar-refractivity contribution in [2.45, 2.75) is 31.7 Å². The van der Waals surface area contributed by atoms with Crippen molar-refractivity contribution >= 4 is 5.91 Å². The Kier molecular flexibility index (Phi) is 3.12. The SMILES string of the molecule is NC1CCC2CN(C(=O)CCc3ccco3)CC12. The van der Waals surface area contributed by atoms with Crippen LogP contribution in [0, 0.1) is 11.8 Å². The second-order valence-electron chi connectivity index (χ2n) is 5.54. The summed E-state index contributed by atoms with van der Waals surface area (Å²) >= 11 is 0. The topological polar surface area (TPSA) is 59.5 Å². The van der Waals surface area contributed by atoms with Crippen LogP contribution >= 0.6 is 0 Å². The average Bonchev–Trinajstić information content (AvgIpc) is 3.05. The highest BCUT2D eigenvalue weighted by Crippen LogP contribution is 2.37. The fraction of sp³-hybridized carbons (Fsp3) is 0.643. The normalized spacial score (nSPS) is 30.7. The maximum absolute atomic E-state index is 12.1. The molecule has 1 amide bonds. The summed E-state index contributed by atoms with van der Waals surface area (Å²) in [6.07, 6.45) is 5.21. The minimum Gasteiger partial charge on any atom is -0.469 e. The number of hydrogen-bond donors (Lipinski definition) is 1. The highest BCUT2D eigenvalue weighted by molar-refractivity contribution is 5.76. The fourth-order valence-corrected chi connectivity index (χ4v) is 3.35. The molecule has 3 rings (SSSR count). The summed E-state index contributed by atoms with van der Waals surface area (Å²) in [7, 11) is 0. The zero-order valence-corrected chi connectivity index (χ0v) is 10.5. The molecule has 2 heterocycles. The van der Waals surface area contributed by atoms with E-state index in [9.17, 15) is 4.79 Å². The van der Waals surface area contributed by atoms with Crippen molar-refractivity contribution in [1.82, 2.24) is 4.90 Å². The van der Waals surface area contributed by atoms with Crippen LogP contribution in [0.4, 0.5) is 0 Å². The number of furan rings is 1. The largest absolute Gasteiger partial charge is 0.469 e. The predicted octanol–water partition coefficient (Wildman–Crippen LogP) is 1.41. The first-order valence-electron chi connectivity index (χ1n) is 6.80. The number of nitrogens with zero attached hydrogens (tertiary/aromatic N) is 1. The van der Waals surface area contributed by atoms with Crippen molar-refractivity contribution in [3.05, 3.63) is 24.2 Å². The summed E-state index contributed by atoms with van der Waals surface area (Å²) < 4.78 is 5.25. The number of rotatable bonds is 3. The molecule has 4 heteroatoms. The third-order valence-electron chi connectivity index (χ3n) is 4.43. The van der Waals surface area contributed by atoms with Gasteiger partial charge in [-0.2, -0.15) is 0 Å². The molecule has 4 nitrogen and oxygen atoms in total. The minimum atomic E-state index is 0.244. The van der Waals surface area contributed by atoms with E-state index >= 15 is 0 Å². The van der Waals surface area contributed by atoms with E-state index in [0.29, 0.717) is 30.7 Å². The highest BCUT2D eigenvalue weighted by atomic mass is 16.3. The van der Waals surface area contributed by atoms with Gasteiger partial charge in [-0.3, -0.25) is 4.79 Å². The Morgan fingerprint density at radius 2 is 2.33 bits per heavy atom. The highest BCUT2D eigenvalue weighted by Gasteiger charge is 2.42. The van der Waals surface area contributed by atoms with Gasteiger partial charge < -0.3 is 15.1 Å². The van der Waals surface area contributed by atoms with E-state index in [2.05, 4.69) is 0 Å². The first kappa shape index (κ1) is 11.8. The molecule has 0 aromatic carbocycles. The average molecular weight is 248 g/mol. The number of aryl methyl sites for hydroxylation is 1. The van der Waals surface area contributed by atoms with Gasteiger partial charge in [0.2, 0.25) is 5.91 Å². The van der Waals surface area contributed by atoms with Gasteiger partial charge in [0.05, 0.1) is 6.26 Å². The van der Waals surface area contributed by atoms with Gasteiger partial charge in [-0.1, -0.05) is 0 Å². The van der Waals surface area contributed by atoms with Crippen LogP contribution in [0.1, 0.15) is 25.0 Å². The van der Waals surface area contributed by atoms with Gasteiger partial charge in [0, 0.05) is 32.0 Å². The van der Waals surface area contributed by atoms with Gasteiger partial charge in [-0.15, -0.1) is 0 Å². The van der Waals surface area contributed by atoms with E-state index in [1.807, 2.05) is 17.0 Å². The molecule has 18 heavy (non-hydrogen) atoms. The summed E-state index contributed by atoms with van der Waals surface area (Å²) in [6, 6.07) is 4.08. The van der Waals surface area contributed by atoms with Gasteiger partial charge in [0.15, 0.2) is 0 Å². The van der Waals surface area contributed by atoms with Crippen LogP contribution in [0.3, 0.4) is 0 Å². The zero-order chi connectivity index (χ0) is 12.5. The smallest absolute Gasteiger partial charge is 0.223 e. The van der Waals surface area contributed by atoms with Crippen molar-refractivity contribution in [3.8, 4) is 0 Å². The molecule has 2 aliphatic rings. The van der Waals surface area contributed by atoms with Crippen molar-refractivity contribution < 1.29 is 9.21 Å². The second-order valence-corrected chi connectivity index (χ2v) is 5.54. The lowest BCUT2D eigenvalue weighted by molar-refractivity contribution is -0.130. The summed E-state index contributed by atoms with van der Waals surface area (Å²) in [6.45, 7) is 1.78. The molecule has 0 radical (unpaired) electrons. The number of carbonyl (C=O) groups is 1. The molecule has 3 atom stereocenters.